The number of aliphatic hydroxyl groups excluding tert-OH is 1. The Morgan fingerprint density at radius 2 is 1.85 bits per heavy atom. The Labute approximate surface area is 116 Å². The lowest BCUT2D eigenvalue weighted by Crippen LogP contribution is -2.15. The van der Waals surface area contributed by atoms with E-state index in [1.54, 1.807) is 12.1 Å². The molecule has 20 heavy (non-hydrogen) atoms. The molecule has 0 fully saturated rings. The van der Waals surface area contributed by atoms with Crippen LogP contribution in [-0.2, 0) is 12.0 Å². The summed E-state index contributed by atoms with van der Waals surface area (Å²) in [7, 11) is 0. The third kappa shape index (κ3) is 5.77. The quantitative estimate of drug-likeness (QED) is 0.843. The number of halogens is 3. The zero-order chi connectivity index (χ0) is 15.4. The van der Waals surface area contributed by atoms with Crippen molar-refractivity contribution in [3.8, 4) is 5.88 Å². The molecule has 0 aliphatic carbocycles. The van der Waals surface area contributed by atoms with Crippen molar-refractivity contribution >= 4 is 0 Å². The van der Waals surface area contributed by atoms with E-state index in [2.05, 4.69) is 4.98 Å². The summed E-state index contributed by atoms with van der Waals surface area (Å²) in [5.41, 5.74) is 1.14. The second-order valence-electron chi connectivity index (χ2n) is 5.67. The summed E-state index contributed by atoms with van der Waals surface area (Å²) in [6, 6.07) is 3.31. The van der Waals surface area contributed by atoms with Gasteiger partial charge in [-0.3, -0.25) is 0 Å². The van der Waals surface area contributed by atoms with E-state index in [4.69, 9.17) is 4.74 Å². The van der Waals surface area contributed by atoms with Crippen LogP contribution in [-0.4, -0.2) is 22.9 Å². The highest BCUT2D eigenvalue weighted by atomic mass is 19.4. The van der Waals surface area contributed by atoms with E-state index in [-0.39, 0.29) is 30.9 Å². The maximum atomic E-state index is 12.0. The van der Waals surface area contributed by atoms with Crippen LogP contribution in [0.3, 0.4) is 0 Å². The Hall–Kier alpha value is -1.30. The molecule has 1 rings (SSSR count). The van der Waals surface area contributed by atoms with Crippen LogP contribution in [0.25, 0.3) is 0 Å². The van der Waals surface area contributed by atoms with Crippen molar-refractivity contribution in [3.05, 3.63) is 23.4 Å². The molecule has 0 amide bonds. The minimum absolute atomic E-state index is 0.0506. The SMILES string of the molecule is CC(C)(C)c1cc(CO)cc(OCCCC(F)(F)F)n1. The summed E-state index contributed by atoms with van der Waals surface area (Å²) in [4.78, 5) is 4.27. The summed E-state index contributed by atoms with van der Waals surface area (Å²) in [6.07, 6.45) is -5.15. The second-order valence-corrected chi connectivity index (χ2v) is 5.67. The highest BCUT2D eigenvalue weighted by molar-refractivity contribution is 5.28. The van der Waals surface area contributed by atoms with E-state index < -0.39 is 12.6 Å². The summed E-state index contributed by atoms with van der Waals surface area (Å²) in [5.74, 6) is 0.253. The van der Waals surface area contributed by atoms with Crippen molar-refractivity contribution in [3.63, 3.8) is 0 Å². The molecule has 3 nitrogen and oxygen atoms in total. The van der Waals surface area contributed by atoms with E-state index >= 15 is 0 Å². The predicted octanol–water partition coefficient (Wildman–Crippen LogP) is 3.59. The Balaban J connectivity index is 2.70. The summed E-state index contributed by atoms with van der Waals surface area (Å²) < 4.78 is 41.3. The van der Waals surface area contributed by atoms with Crippen LogP contribution in [0.1, 0.15) is 44.9 Å². The molecule has 1 aromatic rings. The van der Waals surface area contributed by atoms with Crippen LogP contribution >= 0.6 is 0 Å². The van der Waals surface area contributed by atoms with Crippen molar-refractivity contribution < 1.29 is 23.0 Å². The van der Waals surface area contributed by atoms with E-state index in [1.807, 2.05) is 20.8 Å². The van der Waals surface area contributed by atoms with E-state index in [9.17, 15) is 18.3 Å². The molecule has 1 aromatic heterocycles. The zero-order valence-electron chi connectivity index (χ0n) is 11.9. The topological polar surface area (TPSA) is 42.4 Å². The first-order valence-electron chi connectivity index (χ1n) is 6.43. The van der Waals surface area contributed by atoms with Crippen LogP contribution in [0, 0.1) is 0 Å². The molecule has 0 radical (unpaired) electrons. The van der Waals surface area contributed by atoms with Crippen molar-refractivity contribution in [1.29, 1.82) is 0 Å². The van der Waals surface area contributed by atoms with Crippen LogP contribution in [0.15, 0.2) is 12.1 Å². The molecule has 114 valence electrons. The molecule has 0 unspecified atom stereocenters. The van der Waals surface area contributed by atoms with Crippen LogP contribution in [0.5, 0.6) is 5.88 Å². The molecule has 0 bridgehead atoms. The molecule has 0 spiro atoms. The number of alkyl halides is 3. The molecule has 1 N–H and O–H groups in total. The maximum Gasteiger partial charge on any atom is 0.389 e. The predicted molar refractivity (Wildman–Crippen MR) is 69.6 cm³/mol. The molecule has 0 atom stereocenters. The normalized spacial score (nSPS) is 12.6. The number of pyridine rings is 1. The average Bonchev–Trinajstić information content (AvgIpc) is 2.32. The van der Waals surface area contributed by atoms with Gasteiger partial charge in [0.25, 0.3) is 0 Å². The number of aromatic nitrogens is 1. The minimum atomic E-state index is -4.17. The largest absolute Gasteiger partial charge is 0.478 e. The Morgan fingerprint density at radius 3 is 2.35 bits per heavy atom. The lowest BCUT2D eigenvalue weighted by molar-refractivity contribution is -0.136. The second kappa shape index (κ2) is 6.43. The number of hydrogen-bond donors (Lipinski definition) is 1. The van der Waals surface area contributed by atoms with Crippen LogP contribution in [0.2, 0.25) is 0 Å². The van der Waals surface area contributed by atoms with Gasteiger partial charge in [0.15, 0.2) is 0 Å². The Bertz CT molecular complexity index is 439. The third-order valence-electron chi connectivity index (χ3n) is 2.67. The number of rotatable bonds is 5. The fourth-order valence-electron chi connectivity index (χ4n) is 1.56. The lowest BCUT2D eigenvalue weighted by Gasteiger charge is -2.19. The van der Waals surface area contributed by atoms with Crippen molar-refractivity contribution in [1.82, 2.24) is 4.98 Å². The minimum Gasteiger partial charge on any atom is -0.478 e. The standard InChI is InChI=1S/C14H20F3NO2/c1-13(2,3)11-7-10(9-19)8-12(18-11)20-6-4-5-14(15,16)17/h7-8,19H,4-6,9H2,1-3H3. The number of nitrogens with zero attached hydrogens (tertiary/aromatic N) is 1. The first-order chi connectivity index (χ1) is 9.12. The van der Waals surface area contributed by atoms with Gasteiger partial charge in [0.2, 0.25) is 5.88 Å². The first-order valence-corrected chi connectivity index (χ1v) is 6.43. The van der Waals surface area contributed by atoms with Gasteiger partial charge in [-0.15, -0.1) is 0 Å². The average molecular weight is 291 g/mol. The van der Waals surface area contributed by atoms with Gasteiger partial charge in [-0.05, 0) is 18.1 Å². The maximum absolute atomic E-state index is 12.0. The molecule has 0 saturated heterocycles. The van der Waals surface area contributed by atoms with E-state index in [0.717, 1.165) is 5.69 Å². The van der Waals surface area contributed by atoms with Gasteiger partial charge in [0.1, 0.15) is 0 Å². The number of ether oxygens (including phenoxy) is 1. The van der Waals surface area contributed by atoms with Crippen molar-refractivity contribution in [2.75, 3.05) is 6.61 Å². The molecular formula is C14H20F3NO2. The summed E-state index contributed by atoms with van der Waals surface area (Å²) in [6.45, 7) is 5.67. The third-order valence-corrected chi connectivity index (χ3v) is 2.67. The van der Waals surface area contributed by atoms with E-state index in [1.165, 1.54) is 0 Å². The van der Waals surface area contributed by atoms with Gasteiger partial charge in [0, 0.05) is 17.9 Å². The molecule has 0 saturated carbocycles. The lowest BCUT2D eigenvalue weighted by atomic mass is 9.91. The van der Waals surface area contributed by atoms with Crippen molar-refractivity contribution in [2.45, 2.75) is 51.8 Å². The van der Waals surface area contributed by atoms with Gasteiger partial charge in [-0.2, -0.15) is 13.2 Å². The molecule has 6 heteroatoms. The number of aliphatic hydroxyl groups is 1. The van der Waals surface area contributed by atoms with Gasteiger partial charge >= 0.3 is 6.18 Å². The van der Waals surface area contributed by atoms with Crippen LogP contribution < -0.4 is 4.74 Å². The number of hydrogen-bond acceptors (Lipinski definition) is 3. The molecule has 0 aliphatic rings. The fourth-order valence-corrected chi connectivity index (χ4v) is 1.56. The Morgan fingerprint density at radius 1 is 1.20 bits per heavy atom. The Kier molecular flexibility index (Phi) is 5.39. The van der Waals surface area contributed by atoms with Crippen LogP contribution in [0.4, 0.5) is 13.2 Å². The molecule has 0 aliphatic heterocycles. The molecule has 0 aromatic carbocycles. The van der Waals surface area contributed by atoms with Gasteiger partial charge in [0.05, 0.1) is 18.9 Å². The highest BCUT2D eigenvalue weighted by Crippen LogP contribution is 2.25. The highest BCUT2D eigenvalue weighted by Gasteiger charge is 2.26. The molecular weight excluding hydrogens is 271 g/mol. The van der Waals surface area contributed by atoms with Gasteiger partial charge < -0.3 is 9.84 Å². The summed E-state index contributed by atoms with van der Waals surface area (Å²) >= 11 is 0. The van der Waals surface area contributed by atoms with E-state index in [0.29, 0.717) is 5.56 Å². The summed E-state index contributed by atoms with van der Waals surface area (Å²) in [5, 5.41) is 9.20. The zero-order valence-corrected chi connectivity index (χ0v) is 11.9. The van der Waals surface area contributed by atoms with Crippen molar-refractivity contribution in [2.24, 2.45) is 0 Å². The smallest absolute Gasteiger partial charge is 0.389 e. The molecule has 1 heterocycles. The van der Waals surface area contributed by atoms with Gasteiger partial charge in [-0.25, -0.2) is 4.98 Å². The first kappa shape index (κ1) is 16.8. The van der Waals surface area contributed by atoms with Gasteiger partial charge in [-0.1, -0.05) is 20.8 Å². The monoisotopic (exact) mass is 291 g/mol. The fraction of sp³-hybridized carbons (Fsp3) is 0.643.